The monoisotopic (exact) mass is 285 g/mol. The quantitative estimate of drug-likeness (QED) is 0.886. The fourth-order valence-electron chi connectivity index (χ4n) is 2.33. The average Bonchev–Trinajstić information content (AvgIpc) is 2.49. The molecular weight excluding hydrogens is 266 g/mol. The van der Waals surface area contributed by atoms with E-state index in [0.717, 1.165) is 11.1 Å². The molecule has 1 atom stereocenters. The number of aliphatic carboxylic acids is 1. The van der Waals surface area contributed by atoms with Crippen molar-refractivity contribution >= 4 is 5.97 Å². The van der Waals surface area contributed by atoms with Gasteiger partial charge in [-0.15, -0.1) is 0 Å². The third-order valence-corrected chi connectivity index (χ3v) is 3.38. The van der Waals surface area contributed by atoms with Crippen molar-refractivity contribution < 1.29 is 14.6 Å². The van der Waals surface area contributed by atoms with Crippen molar-refractivity contribution in [2.45, 2.75) is 12.6 Å². The van der Waals surface area contributed by atoms with Crippen molar-refractivity contribution in [3.63, 3.8) is 0 Å². The van der Waals surface area contributed by atoms with Crippen LogP contribution in [0, 0.1) is 0 Å². The van der Waals surface area contributed by atoms with Crippen LogP contribution in [0.25, 0.3) is 0 Å². The number of nitrogens with zero attached hydrogens (tertiary/aromatic N) is 1. The highest BCUT2D eigenvalue weighted by Crippen LogP contribution is 2.24. The Labute approximate surface area is 124 Å². The van der Waals surface area contributed by atoms with Crippen LogP contribution in [0.4, 0.5) is 0 Å². The molecular formula is C17H19NO3. The summed E-state index contributed by atoms with van der Waals surface area (Å²) >= 11 is 0. The van der Waals surface area contributed by atoms with Gasteiger partial charge in [0, 0.05) is 6.54 Å². The minimum atomic E-state index is -0.862. The van der Waals surface area contributed by atoms with E-state index >= 15 is 0 Å². The summed E-state index contributed by atoms with van der Waals surface area (Å²) in [6.07, 6.45) is 0. The molecule has 1 unspecified atom stereocenters. The molecule has 0 amide bonds. The van der Waals surface area contributed by atoms with Gasteiger partial charge in [0.15, 0.2) is 0 Å². The Morgan fingerprint density at radius 3 is 2.29 bits per heavy atom. The van der Waals surface area contributed by atoms with Crippen LogP contribution in [0.1, 0.15) is 17.2 Å². The molecule has 0 aromatic heterocycles. The van der Waals surface area contributed by atoms with Crippen molar-refractivity contribution in [2.75, 3.05) is 14.2 Å². The lowest BCUT2D eigenvalue weighted by molar-refractivity contribution is -0.143. The molecule has 2 aromatic rings. The molecule has 110 valence electrons. The van der Waals surface area contributed by atoms with Crippen LogP contribution in [0.15, 0.2) is 54.6 Å². The highest BCUT2D eigenvalue weighted by atomic mass is 16.5. The highest BCUT2D eigenvalue weighted by Gasteiger charge is 2.24. The minimum absolute atomic E-state index is 0.573. The summed E-state index contributed by atoms with van der Waals surface area (Å²) in [5.41, 5.74) is 1.82. The first-order chi connectivity index (χ1) is 10.1. The summed E-state index contributed by atoms with van der Waals surface area (Å²) in [6.45, 7) is 0.573. The second-order valence-corrected chi connectivity index (χ2v) is 4.91. The maximum absolute atomic E-state index is 11.6. The molecule has 0 bridgehead atoms. The lowest BCUT2D eigenvalue weighted by atomic mass is 10.0. The van der Waals surface area contributed by atoms with Gasteiger partial charge in [-0.1, -0.05) is 42.5 Å². The van der Waals surface area contributed by atoms with Crippen molar-refractivity contribution in [1.82, 2.24) is 4.90 Å². The van der Waals surface area contributed by atoms with Gasteiger partial charge in [0.05, 0.1) is 7.11 Å². The molecule has 0 aliphatic carbocycles. The summed E-state index contributed by atoms with van der Waals surface area (Å²) in [5.74, 6) is -0.146. The van der Waals surface area contributed by atoms with Crippen LogP contribution < -0.4 is 4.74 Å². The van der Waals surface area contributed by atoms with Gasteiger partial charge in [0.1, 0.15) is 11.8 Å². The van der Waals surface area contributed by atoms with Gasteiger partial charge in [-0.05, 0) is 30.3 Å². The summed E-state index contributed by atoms with van der Waals surface area (Å²) in [4.78, 5) is 13.4. The topological polar surface area (TPSA) is 49.8 Å². The van der Waals surface area contributed by atoms with Crippen LogP contribution in [-0.2, 0) is 11.3 Å². The van der Waals surface area contributed by atoms with Gasteiger partial charge in [0.2, 0.25) is 0 Å². The van der Waals surface area contributed by atoms with Crippen molar-refractivity contribution in [1.29, 1.82) is 0 Å². The first-order valence-electron chi connectivity index (χ1n) is 6.72. The molecule has 0 fully saturated rings. The molecule has 4 nitrogen and oxygen atoms in total. The fourth-order valence-corrected chi connectivity index (χ4v) is 2.33. The van der Waals surface area contributed by atoms with E-state index in [-0.39, 0.29) is 0 Å². The molecule has 0 heterocycles. The zero-order chi connectivity index (χ0) is 15.2. The van der Waals surface area contributed by atoms with E-state index in [1.807, 2.05) is 42.3 Å². The summed E-state index contributed by atoms with van der Waals surface area (Å²) < 4.78 is 5.10. The molecule has 0 aliphatic heterocycles. The standard InChI is InChI=1S/C17H19NO3/c1-18(12-13-6-4-3-5-7-13)16(17(19)20)14-8-10-15(21-2)11-9-14/h3-11,16H,12H2,1-2H3,(H,19,20). The Kier molecular flexibility index (Phi) is 4.95. The van der Waals surface area contributed by atoms with E-state index in [9.17, 15) is 9.90 Å². The van der Waals surface area contributed by atoms with Gasteiger partial charge < -0.3 is 9.84 Å². The van der Waals surface area contributed by atoms with Crippen molar-refractivity contribution in [3.05, 3.63) is 65.7 Å². The van der Waals surface area contributed by atoms with Gasteiger partial charge in [-0.25, -0.2) is 0 Å². The Bertz CT molecular complexity index is 581. The van der Waals surface area contributed by atoms with E-state index in [1.54, 1.807) is 31.4 Å². The molecule has 1 N–H and O–H groups in total. The largest absolute Gasteiger partial charge is 0.497 e. The highest BCUT2D eigenvalue weighted by molar-refractivity contribution is 5.75. The molecule has 2 rings (SSSR count). The van der Waals surface area contributed by atoms with E-state index in [0.29, 0.717) is 12.3 Å². The van der Waals surface area contributed by atoms with Crippen LogP contribution in [-0.4, -0.2) is 30.1 Å². The van der Waals surface area contributed by atoms with E-state index < -0.39 is 12.0 Å². The number of ether oxygens (including phenoxy) is 1. The zero-order valence-electron chi connectivity index (χ0n) is 12.2. The summed E-state index contributed by atoms with van der Waals surface area (Å²) in [6, 6.07) is 16.3. The van der Waals surface area contributed by atoms with Crippen LogP contribution >= 0.6 is 0 Å². The maximum atomic E-state index is 11.6. The Morgan fingerprint density at radius 2 is 1.76 bits per heavy atom. The third-order valence-electron chi connectivity index (χ3n) is 3.38. The number of rotatable bonds is 6. The second-order valence-electron chi connectivity index (χ2n) is 4.91. The minimum Gasteiger partial charge on any atom is -0.497 e. The lowest BCUT2D eigenvalue weighted by Crippen LogP contribution is -2.30. The van der Waals surface area contributed by atoms with Crippen LogP contribution in [0.2, 0.25) is 0 Å². The van der Waals surface area contributed by atoms with Gasteiger partial charge in [0.25, 0.3) is 0 Å². The van der Waals surface area contributed by atoms with E-state index in [1.165, 1.54) is 0 Å². The lowest BCUT2D eigenvalue weighted by Gasteiger charge is -2.25. The number of carboxylic acids is 1. The van der Waals surface area contributed by atoms with Crippen LogP contribution in [0.5, 0.6) is 5.75 Å². The maximum Gasteiger partial charge on any atom is 0.325 e. The molecule has 2 aromatic carbocycles. The van der Waals surface area contributed by atoms with Gasteiger partial charge >= 0.3 is 5.97 Å². The van der Waals surface area contributed by atoms with Crippen molar-refractivity contribution in [3.8, 4) is 5.75 Å². The number of carbonyl (C=O) groups is 1. The average molecular weight is 285 g/mol. The fraction of sp³-hybridized carbons (Fsp3) is 0.235. The Morgan fingerprint density at radius 1 is 1.14 bits per heavy atom. The van der Waals surface area contributed by atoms with Gasteiger partial charge in [-0.2, -0.15) is 0 Å². The molecule has 0 aliphatic rings. The summed E-state index contributed by atoms with van der Waals surface area (Å²) in [7, 11) is 3.40. The first kappa shape index (κ1) is 15.1. The van der Waals surface area contributed by atoms with Gasteiger partial charge in [-0.3, -0.25) is 9.69 Å². The van der Waals surface area contributed by atoms with Crippen molar-refractivity contribution in [2.24, 2.45) is 0 Å². The van der Waals surface area contributed by atoms with Crippen LogP contribution in [0.3, 0.4) is 0 Å². The van der Waals surface area contributed by atoms with E-state index in [4.69, 9.17) is 4.74 Å². The normalized spacial score (nSPS) is 12.1. The molecule has 0 radical (unpaired) electrons. The molecule has 0 saturated heterocycles. The molecule has 0 saturated carbocycles. The number of carboxylic acid groups (broad SMARTS) is 1. The summed E-state index contributed by atoms with van der Waals surface area (Å²) in [5, 5.41) is 9.53. The number of hydrogen-bond donors (Lipinski definition) is 1. The molecule has 0 spiro atoms. The molecule has 21 heavy (non-hydrogen) atoms. The smallest absolute Gasteiger partial charge is 0.325 e. The Hall–Kier alpha value is -2.33. The number of hydrogen-bond acceptors (Lipinski definition) is 3. The SMILES string of the molecule is COc1ccc(C(C(=O)O)N(C)Cc2ccccc2)cc1. The molecule has 4 heteroatoms. The predicted molar refractivity (Wildman–Crippen MR) is 81.3 cm³/mol. The first-order valence-corrected chi connectivity index (χ1v) is 6.72. The Balaban J connectivity index is 2.19. The number of methoxy groups -OCH3 is 1. The third kappa shape index (κ3) is 3.83. The second kappa shape index (κ2) is 6.90. The number of likely N-dealkylation sites (N-methyl/N-ethyl adjacent to an activating group) is 1. The zero-order valence-corrected chi connectivity index (χ0v) is 12.2. The predicted octanol–water partition coefficient (Wildman–Crippen LogP) is 2.95. The van der Waals surface area contributed by atoms with E-state index in [2.05, 4.69) is 0 Å². The number of benzene rings is 2.